The van der Waals surface area contributed by atoms with E-state index in [0.29, 0.717) is 12.1 Å². The van der Waals surface area contributed by atoms with E-state index in [1.165, 1.54) is 24.3 Å². The summed E-state index contributed by atoms with van der Waals surface area (Å²) >= 11 is 0. The van der Waals surface area contributed by atoms with Crippen molar-refractivity contribution in [2.45, 2.75) is 20.8 Å². The number of halogens is 1. The number of hydrogen-bond acceptors (Lipinski definition) is 2. The zero-order valence-electron chi connectivity index (χ0n) is 12.5. The minimum atomic E-state index is -0.349. The maximum absolute atomic E-state index is 13.0. The fourth-order valence-electron chi connectivity index (χ4n) is 2.03. The molecular weight excluding hydrogens is 267 g/mol. The predicted molar refractivity (Wildman–Crippen MR) is 81.8 cm³/mol. The molecule has 4 heteroatoms. The van der Waals surface area contributed by atoms with Crippen molar-refractivity contribution in [2.24, 2.45) is 5.41 Å². The lowest BCUT2D eigenvalue weighted by Crippen LogP contribution is -2.38. The van der Waals surface area contributed by atoms with Gasteiger partial charge < -0.3 is 4.90 Å². The molecule has 0 N–H and O–H groups in total. The number of carbonyl (C=O) groups is 1. The molecule has 0 fully saturated rings. The molecule has 3 nitrogen and oxygen atoms in total. The molecule has 0 aliphatic carbocycles. The molecule has 0 aliphatic rings. The molecule has 21 heavy (non-hydrogen) atoms. The summed E-state index contributed by atoms with van der Waals surface area (Å²) < 4.78 is 13.0. The Morgan fingerprint density at radius 1 is 1.10 bits per heavy atom. The van der Waals surface area contributed by atoms with Gasteiger partial charge in [-0.25, -0.2) is 4.39 Å². The molecule has 0 atom stereocenters. The summed E-state index contributed by atoms with van der Waals surface area (Å²) in [5.41, 5.74) is 1.20. The number of aromatic nitrogens is 1. The van der Waals surface area contributed by atoms with Crippen LogP contribution in [0.1, 0.15) is 31.1 Å². The Bertz CT molecular complexity index is 603. The Balaban J connectivity index is 2.35. The molecule has 0 aliphatic heterocycles. The van der Waals surface area contributed by atoms with Crippen molar-refractivity contribution in [1.29, 1.82) is 0 Å². The second-order valence-corrected chi connectivity index (χ2v) is 6.16. The number of pyridine rings is 1. The first-order valence-corrected chi connectivity index (χ1v) is 6.84. The van der Waals surface area contributed by atoms with Gasteiger partial charge in [-0.3, -0.25) is 9.78 Å². The minimum Gasteiger partial charge on any atom is -0.308 e. The van der Waals surface area contributed by atoms with E-state index in [-0.39, 0.29) is 17.1 Å². The van der Waals surface area contributed by atoms with Gasteiger partial charge in [-0.2, -0.15) is 0 Å². The zero-order chi connectivity index (χ0) is 15.5. The number of anilines is 1. The lowest BCUT2D eigenvalue weighted by atomic mass is 9.95. The average Bonchev–Trinajstić information content (AvgIpc) is 2.45. The highest BCUT2D eigenvalue weighted by Gasteiger charge is 2.23. The quantitative estimate of drug-likeness (QED) is 0.857. The normalized spacial score (nSPS) is 11.2. The van der Waals surface area contributed by atoms with E-state index in [0.717, 1.165) is 5.69 Å². The molecule has 0 bridgehead atoms. The molecule has 0 unspecified atom stereocenters. The molecule has 110 valence electrons. The minimum absolute atomic E-state index is 0.0566. The molecular formula is C17H19FN2O. The largest absolute Gasteiger partial charge is 0.308 e. The Kier molecular flexibility index (Phi) is 4.36. The maximum atomic E-state index is 13.0. The van der Waals surface area contributed by atoms with Gasteiger partial charge in [-0.15, -0.1) is 0 Å². The van der Waals surface area contributed by atoms with Crippen LogP contribution in [0.3, 0.4) is 0 Å². The van der Waals surface area contributed by atoms with E-state index >= 15 is 0 Å². The predicted octanol–water partition coefficient (Wildman–Crippen LogP) is 3.91. The zero-order valence-corrected chi connectivity index (χ0v) is 12.5. The highest BCUT2D eigenvalue weighted by molar-refractivity contribution is 6.06. The smallest absolute Gasteiger partial charge is 0.258 e. The average molecular weight is 286 g/mol. The SMILES string of the molecule is CC(C)(C)CN(C(=O)c1ccc(F)cc1)c1ccncc1. The van der Waals surface area contributed by atoms with Crippen LogP contribution in [0.2, 0.25) is 0 Å². The third-order valence-corrected chi connectivity index (χ3v) is 2.94. The topological polar surface area (TPSA) is 33.2 Å². The Hall–Kier alpha value is -2.23. The van der Waals surface area contributed by atoms with Gasteiger partial charge in [0.1, 0.15) is 5.82 Å². The number of benzene rings is 1. The number of amides is 1. The third kappa shape index (κ3) is 4.12. The summed E-state index contributed by atoms with van der Waals surface area (Å²) in [6.07, 6.45) is 3.31. The fourth-order valence-corrected chi connectivity index (χ4v) is 2.03. The van der Waals surface area contributed by atoms with Gasteiger partial charge in [0.2, 0.25) is 0 Å². The van der Waals surface area contributed by atoms with Crippen molar-refractivity contribution in [3.05, 3.63) is 60.2 Å². The second kappa shape index (κ2) is 6.04. The first-order valence-electron chi connectivity index (χ1n) is 6.84. The molecule has 1 heterocycles. The van der Waals surface area contributed by atoms with Crippen molar-refractivity contribution in [3.8, 4) is 0 Å². The van der Waals surface area contributed by atoms with Crippen molar-refractivity contribution in [3.63, 3.8) is 0 Å². The Morgan fingerprint density at radius 3 is 2.19 bits per heavy atom. The second-order valence-electron chi connectivity index (χ2n) is 6.16. The Morgan fingerprint density at radius 2 is 1.67 bits per heavy atom. The molecule has 2 rings (SSSR count). The number of hydrogen-bond donors (Lipinski definition) is 0. The van der Waals surface area contributed by atoms with Crippen LogP contribution in [0.5, 0.6) is 0 Å². The van der Waals surface area contributed by atoms with Gasteiger partial charge >= 0.3 is 0 Å². The summed E-state index contributed by atoms with van der Waals surface area (Å²) in [7, 11) is 0. The molecule has 0 saturated heterocycles. The van der Waals surface area contributed by atoms with Crippen LogP contribution < -0.4 is 4.90 Å². The molecule has 1 aromatic carbocycles. The number of carbonyl (C=O) groups excluding carboxylic acids is 1. The lowest BCUT2D eigenvalue weighted by molar-refractivity contribution is 0.0977. The maximum Gasteiger partial charge on any atom is 0.258 e. The van der Waals surface area contributed by atoms with Crippen LogP contribution >= 0.6 is 0 Å². The lowest BCUT2D eigenvalue weighted by Gasteiger charge is -2.30. The summed E-state index contributed by atoms with van der Waals surface area (Å²) in [5, 5.41) is 0. The van der Waals surface area contributed by atoms with E-state index in [4.69, 9.17) is 0 Å². The van der Waals surface area contributed by atoms with E-state index < -0.39 is 0 Å². The van der Waals surface area contributed by atoms with Gasteiger partial charge in [0.05, 0.1) is 0 Å². The van der Waals surface area contributed by atoms with Crippen LogP contribution in [-0.4, -0.2) is 17.4 Å². The van der Waals surface area contributed by atoms with Crippen LogP contribution in [0, 0.1) is 11.2 Å². The molecule has 0 spiro atoms. The monoisotopic (exact) mass is 286 g/mol. The number of rotatable bonds is 3. The highest BCUT2D eigenvalue weighted by atomic mass is 19.1. The molecule has 0 saturated carbocycles. The van der Waals surface area contributed by atoms with E-state index in [2.05, 4.69) is 25.8 Å². The molecule has 1 amide bonds. The van der Waals surface area contributed by atoms with Crippen molar-refractivity contribution < 1.29 is 9.18 Å². The van der Waals surface area contributed by atoms with E-state index in [1.54, 1.807) is 29.4 Å². The van der Waals surface area contributed by atoms with Gasteiger partial charge in [-0.1, -0.05) is 20.8 Å². The molecule has 2 aromatic rings. The highest BCUT2D eigenvalue weighted by Crippen LogP contribution is 2.23. The number of nitrogens with zero attached hydrogens (tertiary/aromatic N) is 2. The van der Waals surface area contributed by atoms with E-state index in [9.17, 15) is 9.18 Å². The van der Waals surface area contributed by atoms with Crippen LogP contribution in [-0.2, 0) is 0 Å². The first kappa shape index (κ1) is 15.2. The van der Waals surface area contributed by atoms with Gasteiger partial charge in [0.15, 0.2) is 0 Å². The van der Waals surface area contributed by atoms with Crippen LogP contribution in [0.25, 0.3) is 0 Å². The van der Waals surface area contributed by atoms with Crippen molar-refractivity contribution in [2.75, 3.05) is 11.4 Å². The summed E-state index contributed by atoms with van der Waals surface area (Å²) in [5.74, 6) is -0.492. The van der Waals surface area contributed by atoms with Gasteiger partial charge in [-0.05, 0) is 41.8 Å². The van der Waals surface area contributed by atoms with Crippen molar-refractivity contribution in [1.82, 2.24) is 4.98 Å². The van der Waals surface area contributed by atoms with Crippen LogP contribution in [0.15, 0.2) is 48.8 Å². The van der Waals surface area contributed by atoms with E-state index in [1.807, 2.05) is 0 Å². The summed E-state index contributed by atoms with van der Waals surface area (Å²) in [4.78, 5) is 18.4. The Labute approximate surface area is 124 Å². The van der Waals surface area contributed by atoms with Gasteiger partial charge in [0, 0.05) is 30.2 Å². The fraction of sp³-hybridized carbons (Fsp3) is 0.294. The van der Waals surface area contributed by atoms with Crippen molar-refractivity contribution >= 4 is 11.6 Å². The molecule has 0 radical (unpaired) electrons. The first-order chi connectivity index (χ1) is 9.87. The summed E-state index contributed by atoms with van der Waals surface area (Å²) in [6, 6.07) is 9.22. The van der Waals surface area contributed by atoms with Crippen LogP contribution in [0.4, 0.5) is 10.1 Å². The molecule has 1 aromatic heterocycles. The van der Waals surface area contributed by atoms with Gasteiger partial charge in [0.25, 0.3) is 5.91 Å². The standard InChI is InChI=1S/C17H19FN2O/c1-17(2,3)12-20(15-8-10-19-11-9-15)16(21)13-4-6-14(18)7-5-13/h4-11H,12H2,1-3H3. The third-order valence-electron chi connectivity index (χ3n) is 2.94. The summed E-state index contributed by atoms with van der Waals surface area (Å²) in [6.45, 7) is 6.77.